The highest BCUT2D eigenvalue weighted by Gasteiger charge is 2.34. The van der Waals surface area contributed by atoms with E-state index in [0.717, 1.165) is 25.7 Å². The summed E-state index contributed by atoms with van der Waals surface area (Å²) in [6.07, 6.45) is 4.12. The highest BCUT2D eigenvalue weighted by molar-refractivity contribution is 5.73. The summed E-state index contributed by atoms with van der Waals surface area (Å²) in [6.45, 7) is 2.14. The van der Waals surface area contributed by atoms with Crippen LogP contribution in [0.2, 0.25) is 0 Å². The van der Waals surface area contributed by atoms with Crippen LogP contribution in [0.15, 0.2) is 0 Å². The highest BCUT2D eigenvalue weighted by Crippen LogP contribution is 2.25. The van der Waals surface area contributed by atoms with E-state index < -0.39 is 5.97 Å². The lowest BCUT2D eigenvalue weighted by molar-refractivity contribution is -0.142. The second-order valence-corrected chi connectivity index (χ2v) is 3.54. The first-order chi connectivity index (χ1) is 5.66. The summed E-state index contributed by atoms with van der Waals surface area (Å²) >= 11 is 0. The lowest BCUT2D eigenvalue weighted by Gasteiger charge is -2.22. The summed E-state index contributed by atoms with van der Waals surface area (Å²) in [5.74, 6) is -0.670. The van der Waals surface area contributed by atoms with E-state index in [2.05, 4.69) is 6.92 Å². The molecule has 1 rings (SSSR count). The fourth-order valence-corrected chi connectivity index (χ4v) is 1.99. The Kier molecular flexibility index (Phi) is 3.09. The van der Waals surface area contributed by atoms with E-state index in [1.165, 1.54) is 0 Å². The number of aliphatic carboxylic acids is 1. The molecule has 0 aromatic heterocycles. The van der Waals surface area contributed by atoms with Gasteiger partial charge >= 0.3 is 5.97 Å². The van der Waals surface area contributed by atoms with Crippen molar-refractivity contribution in [3.8, 4) is 0 Å². The van der Waals surface area contributed by atoms with Gasteiger partial charge < -0.3 is 5.11 Å². The van der Waals surface area contributed by atoms with Crippen LogP contribution in [0.3, 0.4) is 0 Å². The number of carboxylic acids is 1. The van der Waals surface area contributed by atoms with E-state index in [-0.39, 0.29) is 6.04 Å². The zero-order chi connectivity index (χ0) is 9.14. The molecule has 1 N–H and O–H groups in total. The monoisotopic (exact) mass is 171 g/mol. The molecule has 0 aliphatic carbocycles. The third-order valence-corrected chi connectivity index (χ3v) is 2.75. The van der Waals surface area contributed by atoms with Gasteiger partial charge in [-0.1, -0.05) is 13.3 Å². The van der Waals surface area contributed by atoms with Crippen LogP contribution < -0.4 is 0 Å². The van der Waals surface area contributed by atoms with Crippen LogP contribution in [0.5, 0.6) is 0 Å². The lowest BCUT2D eigenvalue weighted by Crippen LogP contribution is -2.37. The SMILES string of the molecule is CCC[C@H]1CC[C@H](C(=O)O)N1C. The molecule has 1 saturated heterocycles. The molecule has 1 aliphatic rings. The summed E-state index contributed by atoms with van der Waals surface area (Å²) in [7, 11) is 1.92. The normalized spacial score (nSPS) is 30.8. The molecule has 3 heteroatoms. The molecule has 0 spiro atoms. The minimum Gasteiger partial charge on any atom is -0.480 e. The van der Waals surface area contributed by atoms with Gasteiger partial charge in [0.15, 0.2) is 0 Å². The smallest absolute Gasteiger partial charge is 0.320 e. The molecule has 0 saturated carbocycles. The fraction of sp³-hybridized carbons (Fsp3) is 0.889. The van der Waals surface area contributed by atoms with Gasteiger partial charge in [0.25, 0.3) is 0 Å². The van der Waals surface area contributed by atoms with Gasteiger partial charge in [0.05, 0.1) is 0 Å². The second-order valence-electron chi connectivity index (χ2n) is 3.54. The van der Waals surface area contributed by atoms with Crippen molar-refractivity contribution in [2.75, 3.05) is 7.05 Å². The fourth-order valence-electron chi connectivity index (χ4n) is 1.99. The van der Waals surface area contributed by atoms with Crippen molar-refractivity contribution in [2.45, 2.75) is 44.7 Å². The minimum atomic E-state index is -0.670. The van der Waals surface area contributed by atoms with Gasteiger partial charge in [-0.2, -0.15) is 0 Å². The van der Waals surface area contributed by atoms with Crippen molar-refractivity contribution in [2.24, 2.45) is 0 Å². The molecule has 70 valence electrons. The first kappa shape index (κ1) is 9.52. The van der Waals surface area contributed by atoms with Crippen LogP contribution in [0.4, 0.5) is 0 Å². The van der Waals surface area contributed by atoms with E-state index in [1.807, 2.05) is 11.9 Å². The summed E-state index contributed by atoms with van der Waals surface area (Å²) in [6, 6.07) is 0.262. The molecule has 0 bridgehead atoms. The predicted molar refractivity (Wildman–Crippen MR) is 47.1 cm³/mol. The molecule has 2 atom stereocenters. The average molecular weight is 171 g/mol. The first-order valence-electron chi connectivity index (χ1n) is 4.61. The molecule has 0 unspecified atom stereocenters. The number of hydrogen-bond acceptors (Lipinski definition) is 2. The van der Waals surface area contributed by atoms with Crippen molar-refractivity contribution >= 4 is 5.97 Å². The van der Waals surface area contributed by atoms with Gasteiger partial charge in [0, 0.05) is 6.04 Å². The third kappa shape index (κ3) is 1.78. The molecule has 0 amide bonds. The molecule has 1 aliphatic heterocycles. The Morgan fingerprint density at radius 2 is 2.25 bits per heavy atom. The van der Waals surface area contributed by atoms with Crippen LogP contribution in [0.1, 0.15) is 32.6 Å². The van der Waals surface area contributed by atoms with Crippen LogP contribution in [0.25, 0.3) is 0 Å². The number of rotatable bonds is 3. The van der Waals surface area contributed by atoms with Crippen LogP contribution in [-0.4, -0.2) is 35.1 Å². The number of hydrogen-bond donors (Lipinski definition) is 1. The van der Waals surface area contributed by atoms with E-state index in [0.29, 0.717) is 6.04 Å². The quantitative estimate of drug-likeness (QED) is 0.696. The molecule has 1 fully saturated rings. The van der Waals surface area contributed by atoms with E-state index in [1.54, 1.807) is 0 Å². The number of carbonyl (C=O) groups is 1. The maximum atomic E-state index is 10.7. The molecule has 0 aromatic rings. The van der Waals surface area contributed by atoms with Crippen molar-refractivity contribution in [1.82, 2.24) is 4.90 Å². The Hall–Kier alpha value is -0.570. The average Bonchev–Trinajstić information content (AvgIpc) is 2.34. The molecule has 1 heterocycles. The standard InChI is InChI=1S/C9H17NO2/c1-3-4-7-5-6-8(9(11)12)10(7)2/h7-8H,3-6H2,1-2H3,(H,11,12)/t7-,8+/m0/s1. The van der Waals surface area contributed by atoms with Gasteiger partial charge in [-0.15, -0.1) is 0 Å². The Balaban J connectivity index is 2.48. The number of nitrogens with zero attached hydrogens (tertiary/aromatic N) is 1. The van der Waals surface area contributed by atoms with Crippen LogP contribution >= 0.6 is 0 Å². The van der Waals surface area contributed by atoms with Crippen LogP contribution in [0, 0.1) is 0 Å². The molecular weight excluding hydrogens is 154 g/mol. The topological polar surface area (TPSA) is 40.5 Å². The zero-order valence-corrected chi connectivity index (χ0v) is 7.79. The Morgan fingerprint density at radius 1 is 1.58 bits per heavy atom. The largest absolute Gasteiger partial charge is 0.480 e. The van der Waals surface area contributed by atoms with Gasteiger partial charge in [-0.3, -0.25) is 9.69 Å². The number of likely N-dealkylation sites (tertiary alicyclic amines) is 1. The Labute approximate surface area is 73.4 Å². The second kappa shape index (κ2) is 3.90. The van der Waals surface area contributed by atoms with Crippen molar-refractivity contribution in [1.29, 1.82) is 0 Å². The summed E-state index contributed by atoms with van der Waals surface area (Å²) < 4.78 is 0. The van der Waals surface area contributed by atoms with E-state index in [9.17, 15) is 4.79 Å². The summed E-state index contributed by atoms with van der Waals surface area (Å²) in [5.41, 5.74) is 0. The molecule has 0 aromatic carbocycles. The van der Waals surface area contributed by atoms with Gasteiger partial charge in [0.2, 0.25) is 0 Å². The maximum Gasteiger partial charge on any atom is 0.320 e. The first-order valence-corrected chi connectivity index (χ1v) is 4.61. The molecular formula is C9H17NO2. The van der Waals surface area contributed by atoms with Crippen molar-refractivity contribution in [3.05, 3.63) is 0 Å². The van der Waals surface area contributed by atoms with Crippen molar-refractivity contribution in [3.63, 3.8) is 0 Å². The van der Waals surface area contributed by atoms with Gasteiger partial charge in [-0.05, 0) is 26.3 Å². The van der Waals surface area contributed by atoms with E-state index >= 15 is 0 Å². The molecule has 0 radical (unpaired) electrons. The summed E-state index contributed by atoms with van der Waals surface area (Å²) in [4.78, 5) is 12.7. The van der Waals surface area contributed by atoms with Gasteiger partial charge in [0.1, 0.15) is 6.04 Å². The summed E-state index contributed by atoms with van der Waals surface area (Å²) in [5, 5.41) is 8.83. The molecule has 3 nitrogen and oxygen atoms in total. The predicted octanol–water partition coefficient (Wildman–Crippen LogP) is 1.33. The zero-order valence-electron chi connectivity index (χ0n) is 7.79. The van der Waals surface area contributed by atoms with Crippen LogP contribution in [-0.2, 0) is 4.79 Å². The maximum absolute atomic E-state index is 10.7. The Morgan fingerprint density at radius 3 is 2.67 bits per heavy atom. The minimum absolute atomic E-state index is 0.235. The van der Waals surface area contributed by atoms with E-state index in [4.69, 9.17) is 5.11 Å². The highest BCUT2D eigenvalue weighted by atomic mass is 16.4. The van der Waals surface area contributed by atoms with Gasteiger partial charge in [-0.25, -0.2) is 0 Å². The number of carboxylic acid groups (broad SMARTS) is 1. The lowest BCUT2D eigenvalue weighted by atomic mass is 10.1. The third-order valence-electron chi connectivity index (χ3n) is 2.75. The molecule has 12 heavy (non-hydrogen) atoms. The number of likely N-dealkylation sites (N-methyl/N-ethyl adjacent to an activating group) is 1. The van der Waals surface area contributed by atoms with Crippen molar-refractivity contribution < 1.29 is 9.90 Å². The Bertz CT molecular complexity index is 170.